The van der Waals surface area contributed by atoms with Crippen molar-refractivity contribution in [3.63, 3.8) is 0 Å². The van der Waals surface area contributed by atoms with Gasteiger partial charge in [-0.05, 0) is 41.5 Å². The van der Waals surface area contributed by atoms with Crippen molar-refractivity contribution in [1.29, 1.82) is 0 Å². The Morgan fingerprint density at radius 1 is 1.18 bits per heavy atom. The smallest absolute Gasteiger partial charge is 0.315 e. The Bertz CT molecular complexity index is 878. The van der Waals surface area contributed by atoms with Gasteiger partial charge in [-0.25, -0.2) is 0 Å². The molecule has 2 N–H and O–H groups in total. The number of anilines is 1. The van der Waals surface area contributed by atoms with Crippen LogP contribution in [0, 0.1) is 0 Å². The van der Waals surface area contributed by atoms with E-state index in [1.54, 1.807) is 11.3 Å². The van der Waals surface area contributed by atoms with Crippen LogP contribution in [0.15, 0.2) is 52.4 Å². The Balaban J connectivity index is 1.46. The van der Waals surface area contributed by atoms with Crippen LogP contribution in [0.1, 0.15) is 4.88 Å². The number of nitrogens with one attached hydrogen (secondary N) is 2. The maximum Gasteiger partial charge on any atom is 0.315 e. The minimum Gasteiger partial charge on any atom is -0.403 e. The second kappa shape index (κ2) is 5.65. The van der Waals surface area contributed by atoms with Crippen LogP contribution in [0.2, 0.25) is 0 Å². The summed E-state index contributed by atoms with van der Waals surface area (Å²) in [6.45, 7) is 0.776. The Kier molecular flexibility index (Phi) is 3.36. The lowest BCUT2D eigenvalue weighted by molar-refractivity contribution is 0.581. The van der Waals surface area contributed by atoms with E-state index >= 15 is 0 Å². The maximum absolute atomic E-state index is 5.67. The van der Waals surface area contributed by atoms with Crippen LogP contribution in [0.3, 0.4) is 0 Å². The van der Waals surface area contributed by atoms with Crippen molar-refractivity contribution in [3.8, 4) is 11.5 Å². The van der Waals surface area contributed by atoms with E-state index in [9.17, 15) is 0 Å². The SMILES string of the molecule is c1csc(CCNc2nnc(-c3ccc4cc[nH]c4c3)o2)c1. The highest BCUT2D eigenvalue weighted by molar-refractivity contribution is 7.09. The molecule has 4 aromatic rings. The molecule has 4 rings (SSSR count). The third-order valence-electron chi connectivity index (χ3n) is 3.45. The molecular weight excluding hydrogens is 296 g/mol. The van der Waals surface area contributed by atoms with Crippen LogP contribution < -0.4 is 5.32 Å². The summed E-state index contributed by atoms with van der Waals surface area (Å²) in [7, 11) is 0. The molecule has 0 unspecified atom stereocenters. The Morgan fingerprint density at radius 3 is 3.09 bits per heavy atom. The number of hydrogen-bond donors (Lipinski definition) is 2. The molecule has 3 aromatic heterocycles. The molecule has 0 atom stereocenters. The fourth-order valence-electron chi connectivity index (χ4n) is 2.34. The van der Waals surface area contributed by atoms with E-state index in [1.165, 1.54) is 4.88 Å². The lowest BCUT2D eigenvalue weighted by atomic mass is 10.2. The Hall–Kier alpha value is -2.60. The van der Waals surface area contributed by atoms with Crippen molar-refractivity contribution in [3.05, 3.63) is 52.9 Å². The van der Waals surface area contributed by atoms with Crippen LogP contribution in [0.5, 0.6) is 0 Å². The monoisotopic (exact) mass is 310 g/mol. The summed E-state index contributed by atoms with van der Waals surface area (Å²) >= 11 is 1.75. The first kappa shape index (κ1) is 13.1. The lowest BCUT2D eigenvalue weighted by Gasteiger charge is -1.99. The van der Waals surface area contributed by atoms with Gasteiger partial charge in [-0.1, -0.05) is 17.2 Å². The first-order valence-corrected chi connectivity index (χ1v) is 7.94. The molecule has 5 nitrogen and oxygen atoms in total. The second-order valence-electron chi connectivity index (χ2n) is 4.95. The molecule has 0 radical (unpaired) electrons. The van der Waals surface area contributed by atoms with Gasteiger partial charge in [0, 0.05) is 28.7 Å². The molecule has 1 aromatic carbocycles. The zero-order valence-corrected chi connectivity index (χ0v) is 12.6. The van der Waals surface area contributed by atoms with E-state index in [0.717, 1.165) is 29.4 Å². The minimum atomic E-state index is 0.457. The number of aromatic nitrogens is 3. The number of nitrogens with zero attached hydrogens (tertiary/aromatic N) is 2. The molecule has 0 saturated heterocycles. The standard InChI is InChI=1S/C16H14N4OS/c1-2-13(22-9-1)6-8-18-16-20-19-15(21-16)12-4-3-11-5-7-17-14(11)10-12/h1-5,7,9-10,17H,6,8H2,(H,18,20). The lowest BCUT2D eigenvalue weighted by Crippen LogP contribution is -2.03. The van der Waals surface area contributed by atoms with E-state index < -0.39 is 0 Å². The van der Waals surface area contributed by atoms with Gasteiger partial charge >= 0.3 is 6.01 Å². The minimum absolute atomic E-state index is 0.457. The summed E-state index contributed by atoms with van der Waals surface area (Å²) in [5.74, 6) is 0.523. The van der Waals surface area contributed by atoms with E-state index in [1.807, 2.05) is 30.5 Å². The molecule has 6 heteroatoms. The van der Waals surface area contributed by atoms with Gasteiger partial charge in [0.25, 0.3) is 0 Å². The summed E-state index contributed by atoms with van der Waals surface area (Å²) in [6, 6.07) is 12.7. The van der Waals surface area contributed by atoms with Crippen molar-refractivity contribution >= 4 is 28.3 Å². The van der Waals surface area contributed by atoms with Gasteiger partial charge in [-0.2, -0.15) is 0 Å². The first-order chi connectivity index (χ1) is 10.9. The molecule has 0 bridgehead atoms. The third kappa shape index (κ3) is 2.60. The van der Waals surface area contributed by atoms with E-state index in [-0.39, 0.29) is 0 Å². The highest BCUT2D eigenvalue weighted by Crippen LogP contribution is 2.23. The molecule has 0 aliphatic heterocycles. The molecule has 0 aliphatic rings. The summed E-state index contributed by atoms with van der Waals surface area (Å²) in [5.41, 5.74) is 1.97. The first-order valence-electron chi connectivity index (χ1n) is 7.06. The topological polar surface area (TPSA) is 66.7 Å². The number of aromatic amines is 1. The number of hydrogen-bond acceptors (Lipinski definition) is 5. The van der Waals surface area contributed by atoms with Crippen LogP contribution in [-0.4, -0.2) is 21.7 Å². The predicted molar refractivity (Wildman–Crippen MR) is 88.1 cm³/mol. The molecule has 0 fully saturated rings. The van der Waals surface area contributed by atoms with Gasteiger partial charge in [0.05, 0.1) is 0 Å². The molecule has 0 amide bonds. The van der Waals surface area contributed by atoms with Crippen LogP contribution in [-0.2, 0) is 6.42 Å². The molecule has 3 heterocycles. The van der Waals surface area contributed by atoms with Crippen molar-refractivity contribution in [2.75, 3.05) is 11.9 Å². The molecule has 0 spiro atoms. The summed E-state index contributed by atoms with van der Waals surface area (Å²) in [4.78, 5) is 4.52. The highest BCUT2D eigenvalue weighted by Gasteiger charge is 2.09. The van der Waals surface area contributed by atoms with E-state index in [2.05, 4.69) is 38.0 Å². The van der Waals surface area contributed by atoms with Gasteiger partial charge in [0.1, 0.15) is 0 Å². The van der Waals surface area contributed by atoms with Gasteiger partial charge in [0.2, 0.25) is 5.89 Å². The quantitative estimate of drug-likeness (QED) is 0.586. The van der Waals surface area contributed by atoms with Gasteiger partial charge in [-0.3, -0.25) is 0 Å². The average molecular weight is 310 g/mol. The molecule has 22 heavy (non-hydrogen) atoms. The van der Waals surface area contributed by atoms with Crippen LogP contribution in [0.4, 0.5) is 6.01 Å². The summed E-state index contributed by atoms with van der Waals surface area (Å²) in [5, 5.41) is 14.6. The fraction of sp³-hybridized carbons (Fsp3) is 0.125. The summed E-state index contributed by atoms with van der Waals surface area (Å²) < 4.78 is 5.67. The normalized spacial score (nSPS) is 11.1. The van der Waals surface area contributed by atoms with Crippen LogP contribution in [0.25, 0.3) is 22.4 Å². The zero-order valence-electron chi connectivity index (χ0n) is 11.7. The second-order valence-corrected chi connectivity index (χ2v) is 5.98. The van der Waals surface area contributed by atoms with Gasteiger partial charge in [-0.15, -0.1) is 16.4 Å². The number of benzene rings is 1. The molecule has 0 aliphatic carbocycles. The summed E-state index contributed by atoms with van der Waals surface area (Å²) in [6.07, 6.45) is 2.86. The maximum atomic E-state index is 5.67. The van der Waals surface area contributed by atoms with Crippen molar-refractivity contribution in [2.24, 2.45) is 0 Å². The number of fused-ring (bicyclic) bond motifs is 1. The van der Waals surface area contributed by atoms with Crippen molar-refractivity contribution < 1.29 is 4.42 Å². The third-order valence-corrected chi connectivity index (χ3v) is 4.39. The highest BCUT2D eigenvalue weighted by atomic mass is 32.1. The predicted octanol–water partition coefficient (Wildman–Crippen LogP) is 3.93. The van der Waals surface area contributed by atoms with Gasteiger partial charge < -0.3 is 14.7 Å². The van der Waals surface area contributed by atoms with Gasteiger partial charge in [0.15, 0.2) is 0 Å². The largest absolute Gasteiger partial charge is 0.403 e. The molecule has 110 valence electrons. The average Bonchev–Trinajstić information content (AvgIpc) is 3.28. The number of thiophene rings is 1. The Labute approximate surface area is 131 Å². The number of H-pyrrole nitrogens is 1. The molecular formula is C16H14N4OS. The molecule has 0 saturated carbocycles. The van der Waals surface area contributed by atoms with Crippen molar-refractivity contribution in [2.45, 2.75) is 6.42 Å². The van der Waals surface area contributed by atoms with E-state index in [4.69, 9.17) is 4.42 Å². The number of rotatable bonds is 5. The Morgan fingerprint density at radius 2 is 2.18 bits per heavy atom. The van der Waals surface area contributed by atoms with Crippen molar-refractivity contribution in [1.82, 2.24) is 15.2 Å². The van der Waals surface area contributed by atoms with Crippen LogP contribution >= 0.6 is 11.3 Å². The van der Waals surface area contributed by atoms with E-state index in [0.29, 0.717) is 11.9 Å². The fourth-order valence-corrected chi connectivity index (χ4v) is 3.05. The zero-order chi connectivity index (χ0) is 14.8.